The highest BCUT2D eigenvalue weighted by molar-refractivity contribution is 5.94. The zero-order chi connectivity index (χ0) is 28.9. The molecule has 0 heterocycles. The van der Waals surface area contributed by atoms with E-state index in [0.29, 0.717) is 31.6 Å². The fourth-order valence-electron chi connectivity index (χ4n) is 5.32. The van der Waals surface area contributed by atoms with Crippen LogP contribution in [0.15, 0.2) is 23.4 Å². The SMILES string of the molecule is CCCCCCCONC1=CCC(OC(=O)C(C)CC)C2C1=CC(=O)C(C)C2CCC(=O)CC(O)CC(=O)O. The summed E-state index contributed by atoms with van der Waals surface area (Å²) in [5.41, 5.74) is 4.44. The van der Waals surface area contributed by atoms with Gasteiger partial charge >= 0.3 is 11.9 Å². The lowest BCUT2D eigenvalue weighted by Gasteiger charge is -2.43. The molecule has 2 rings (SSSR count). The van der Waals surface area contributed by atoms with Crippen molar-refractivity contribution in [3.63, 3.8) is 0 Å². The van der Waals surface area contributed by atoms with Gasteiger partial charge in [-0.1, -0.05) is 59.5 Å². The number of allylic oxidation sites excluding steroid dienone is 2. The van der Waals surface area contributed by atoms with Gasteiger partial charge in [0, 0.05) is 31.1 Å². The Morgan fingerprint density at radius 1 is 1.13 bits per heavy atom. The van der Waals surface area contributed by atoms with Crippen molar-refractivity contribution in [3.8, 4) is 0 Å². The molecule has 0 spiro atoms. The summed E-state index contributed by atoms with van der Waals surface area (Å²) < 4.78 is 5.98. The zero-order valence-corrected chi connectivity index (χ0v) is 23.9. The van der Waals surface area contributed by atoms with E-state index < -0.39 is 24.6 Å². The van der Waals surface area contributed by atoms with E-state index >= 15 is 0 Å². The fourth-order valence-corrected chi connectivity index (χ4v) is 5.32. The largest absolute Gasteiger partial charge is 0.481 e. The number of aliphatic hydroxyl groups is 1. The molecule has 6 unspecified atom stereocenters. The second-order valence-corrected chi connectivity index (χ2v) is 11.0. The van der Waals surface area contributed by atoms with E-state index in [0.717, 1.165) is 18.4 Å². The Bertz CT molecular complexity index is 911. The first-order valence-electron chi connectivity index (χ1n) is 14.5. The number of nitrogens with one attached hydrogen (secondary N) is 1. The second kappa shape index (κ2) is 16.6. The van der Waals surface area contributed by atoms with Gasteiger partial charge in [0.1, 0.15) is 11.9 Å². The Kier molecular flexibility index (Phi) is 13.9. The van der Waals surface area contributed by atoms with E-state index in [1.54, 1.807) is 6.08 Å². The Labute approximate surface area is 232 Å². The molecule has 0 saturated carbocycles. The van der Waals surface area contributed by atoms with E-state index in [1.807, 2.05) is 26.8 Å². The molecule has 6 atom stereocenters. The number of hydrogen-bond donors (Lipinski definition) is 3. The Balaban J connectivity index is 2.18. The topological polar surface area (TPSA) is 139 Å². The Morgan fingerprint density at radius 2 is 1.85 bits per heavy atom. The van der Waals surface area contributed by atoms with Gasteiger partial charge < -0.3 is 14.9 Å². The molecule has 0 amide bonds. The normalized spacial score (nSPS) is 24.2. The van der Waals surface area contributed by atoms with Crippen LogP contribution in [0.4, 0.5) is 0 Å². The van der Waals surface area contributed by atoms with Crippen molar-refractivity contribution < 1.29 is 39.0 Å². The maximum atomic E-state index is 13.0. The number of ketones is 2. The summed E-state index contributed by atoms with van der Waals surface area (Å²) in [5.74, 6) is -3.00. The number of carboxylic acids is 1. The van der Waals surface area contributed by atoms with Crippen molar-refractivity contribution in [2.24, 2.45) is 23.7 Å². The van der Waals surface area contributed by atoms with Crippen LogP contribution in [0.1, 0.15) is 98.3 Å². The predicted molar refractivity (Wildman–Crippen MR) is 146 cm³/mol. The number of Topliss-reactive ketones (excluding diaryl/α,β-unsaturated/α-hetero) is 1. The monoisotopic (exact) mass is 549 g/mol. The molecule has 2 aliphatic carbocycles. The second-order valence-electron chi connectivity index (χ2n) is 11.0. The van der Waals surface area contributed by atoms with E-state index in [1.165, 1.54) is 19.3 Å². The third-order valence-electron chi connectivity index (χ3n) is 7.92. The number of carboxylic acid groups (broad SMARTS) is 1. The molecular weight excluding hydrogens is 502 g/mol. The number of hydrogen-bond acceptors (Lipinski definition) is 8. The van der Waals surface area contributed by atoms with Crippen LogP contribution in [0.3, 0.4) is 0 Å². The van der Waals surface area contributed by atoms with Gasteiger partial charge in [-0.3, -0.25) is 29.5 Å². The molecule has 0 bridgehead atoms. The maximum absolute atomic E-state index is 13.0. The minimum Gasteiger partial charge on any atom is -0.481 e. The summed E-state index contributed by atoms with van der Waals surface area (Å²) in [5, 5.41) is 18.7. The number of rotatable bonds is 18. The smallest absolute Gasteiger partial charge is 0.308 e. The minimum absolute atomic E-state index is 0.0641. The molecule has 0 aromatic rings. The molecule has 0 aromatic carbocycles. The van der Waals surface area contributed by atoms with E-state index in [-0.39, 0.29) is 54.0 Å². The number of aliphatic hydroxyl groups excluding tert-OH is 1. The standard InChI is InChI=1S/C30H47NO8/c1-5-7-8-9-10-15-38-31-25-13-14-27(39-30(37)19(3)6-2)29-23(20(4)26(34)18-24(25)29)12-11-21(32)16-22(33)17-28(35)36/h13,18-20,22-23,27,29,31,33H,5-12,14-17H2,1-4H3,(H,35,36). The molecule has 2 aliphatic rings. The zero-order valence-electron chi connectivity index (χ0n) is 23.9. The molecular formula is C30H47NO8. The van der Waals surface area contributed by atoms with Crippen molar-refractivity contribution in [2.45, 2.75) is 111 Å². The van der Waals surface area contributed by atoms with Gasteiger partial charge in [0.05, 0.1) is 30.7 Å². The molecule has 220 valence electrons. The van der Waals surface area contributed by atoms with Crippen LogP contribution in [0.2, 0.25) is 0 Å². The summed E-state index contributed by atoms with van der Waals surface area (Å²) in [6.07, 6.45) is 8.15. The maximum Gasteiger partial charge on any atom is 0.308 e. The van der Waals surface area contributed by atoms with Gasteiger partial charge in [-0.25, -0.2) is 0 Å². The summed E-state index contributed by atoms with van der Waals surface area (Å²) >= 11 is 0. The molecule has 0 fully saturated rings. The molecule has 9 nitrogen and oxygen atoms in total. The molecule has 3 N–H and O–H groups in total. The molecule has 0 saturated heterocycles. The Morgan fingerprint density at radius 3 is 2.51 bits per heavy atom. The van der Waals surface area contributed by atoms with Crippen molar-refractivity contribution in [1.29, 1.82) is 0 Å². The molecule has 0 aromatic heterocycles. The summed E-state index contributed by atoms with van der Waals surface area (Å²) in [6.45, 7) is 8.28. The summed E-state index contributed by atoms with van der Waals surface area (Å²) in [6, 6.07) is 0. The first-order chi connectivity index (χ1) is 18.6. The van der Waals surface area contributed by atoms with Gasteiger partial charge in [0.15, 0.2) is 5.78 Å². The van der Waals surface area contributed by atoms with Crippen LogP contribution in [0.25, 0.3) is 0 Å². The summed E-state index contributed by atoms with van der Waals surface area (Å²) in [7, 11) is 0. The van der Waals surface area contributed by atoms with E-state index in [9.17, 15) is 24.3 Å². The first kappa shape index (κ1) is 32.7. The van der Waals surface area contributed by atoms with Crippen LogP contribution in [-0.4, -0.2) is 52.5 Å². The van der Waals surface area contributed by atoms with Crippen molar-refractivity contribution in [3.05, 3.63) is 23.4 Å². The fraction of sp³-hybridized carbons (Fsp3) is 0.733. The lowest BCUT2D eigenvalue weighted by molar-refractivity contribution is -0.157. The van der Waals surface area contributed by atoms with Gasteiger partial charge in [-0.2, -0.15) is 0 Å². The lowest BCUT2D eigenvalue weighted by Crippen LogP contribution is -2.45. The van der Waals surface area contributed by atoms with Gasteiger partial charge in [-0.15, -0.1) is 0 Å². The number of unbranched alkanes of at least 4 members (excludes halogenated alkanes) is 4. The van der Waals surface area contributed by atoms with E-state index in [4.69, 9.17) is 14.7 Å². The van der Waals surface area contributed by atoms with Crippen LogP contribution in [-0.2, 0) is 28.8 Å². The van der Waals surface area contributed by atoms with Crippen molar-refractivity contribution >= 4 is 23.5 Å². The highest BCUT2D eigenvalue weighted by Crippen LogP contribution is 2.45. The van der Waals surface area contributed by atoms with Crippen molar-refractivity contribution in [1.82, 2.24) is 5.48 Å². The van der Waals surface area contributed by atoms with Crippen LogP contribution in [0.5, 0.6) is 0 Å². The third kappa shape index (κ3) is 10.2. The molecule has 9 heteroatoms. The number of esters is 1. The van der Waals surface area contributed by atoms with Crippen LogP contribution < -0.4 is 5.48 Å². The number of ether oxygens (including phenoxy) is 1. The van der Waals surface area contributed by atoms with Gasteiger partial charge in [0.25, 0.3) is 0 Å². The molecule has 0 radical (unpaired) electrons. The van der Waals surface area contributed by atoms with Gasteiger partial charge in [0.2, 0.25) is 0 Å². The van der Waals surface area contributed by atoms with Crippen molar-refractivity contribution in [2.75, 3.05) is 6.61 Å². The number of carbonyl (C=O) groups excluding carboxylic acids is 3. The number of hydroxylamine groups is 1. The average Bonchev–Trinajstić information content (AvgIpc) is 2.88. The first-order valence-corrected chi connectivity index (χ1v) is 14.5. The predicted octanol–water partition coefficient (Wildman–Crippen LogP) is 4.68. The van der Waals surface area contributed by atoms with E-state index in [2.05, 4.69) is 12.4 Å². The lowest BCUT2D eigenvalue weighted by atomic mass is 9.65. The molecule has 39 heavy (non-hydrogen) atoms. The quantitative estimate of drug-likeness (QED) is 0.126. The minimum atomic E-state index is -1.24. The summed E-state index contributed by atoms with van der Waals surface area (Å²) in [4.78, 5) is 54.9. The highest BCUT2D eigenvalue weighted by Gasteiger charge is 2.45. The number of carbonyl (C=O) groups is 4. The average molecular weight is 550 g/mol. The van der Waals surface area contributed by atoms with Gasteiger partial charge in [-0.05, 0) is 36.8 Å². The van der Waals surface area contributed by atoms with Crippen LogP contribution >= 0.6 is 0 Å². The highest BCUT2D eigenvalue weighted by atomic mass is 16.6. The molecule has 0 aliphatic heterocycles. The third-order valence-corrected chi connectivity index (χ3v) is 7.92. The number of fused-ring (bicyclic) bond motifs is 1. The Hall–Kier alpha value is -2.52. The number of aliphatic carboxylic acids is 1. The van der Waals surface area contributed by atoms with Crippen LogP contribution in [0, 0.1) is 23.7 Å².